The van der Waals surface area contributed by atoms with E-state index in [1.807, 2.05) is 29.6 Å². The summed E-state index contributed by atoms with van der Waals surface area (Å²) < 4.78 is 1.54. The van der Waals surface area contributed by atoms with E-state index in [1.54, 1.807) is 52.7 Å². The highest BCUT2D eigenvalue weighted by molar-refractivity contribution is 7.09. The summed E-state index contributed by atoms with van der Waals surface area (Å²) in [6.07, 6.45) is 5.74. The second-order valence-electron chi connectivity index (χ2n) is 6.27. The molecular formula is C21H18N4O2S. The number of aromatic nitrogens is 3. The van der Waals surface area contributed by atoms with E-state index in [-0.39, 0.29) is 11.5 Å². The molecule has 0 saturated carbocycles. The molecule has 4 rings (SSSR count). The third-order valence-corrected chi connectivity index (χ3v) is 5.24. The minimum atomic E-state index is -0.206. The summed E-state index contributed by atoms with van der Waals surface area (Å²) >= 11 is 1.56. The van der Waals surface area contributed by atoms with Crippen molar-refractivity contribution in [3.63, 3.8) is 0 Å². The van der Waals surface area contributed by atoms with Gasteiger partial charge in [-0.15, -0.1) is 11.3 Å². The molecule has 0 aliphatic rings. The molecule has 0 fully saturated rings. The normalized spacial score (nSPS) is 10.9. The molecule has 7 heteroatoms. The number of benzene rings is 1. The van der Waals surface area contributed by atoms with Crippen LogP contribution < -0.4 is 10.9 Å². The quantitative estimate of drug-likeness (QED) is 0.549. The zero-order valence-electron chi connectivity index (χ0n) is 15.0. The Hall–Kier alpha value is -3.32. The topological polar surface area (TPSA) is 76.9 Å². The zero-order valence-corrected chi connectivity index (χ0v) is 15.9. The standard InChI is InChI=1S/C21H18N4O2S/c26-20(24-10-8-19-23-11-12-28-19)18-14-25(13-15-5-3-4-9-22-15)21(27)17-7-2-1-6-16(17)18/h1-7,9,11-12,14H,8,10,13H2,(H,24,26). The van der Waals surface area contributed by atoms with Crippen molar-refractivity contribution in [3.8, 4) is 0 Å². The summed E-state index contributed by atoms with van der Waals surface area (Å²) in [5.41, 5.74) is 1.10. The number of rotatable bonds is 6. The number of thiazole rings is 1. The molecule has 28 heavy (non-hydrogen) atoms. The molecule has 0 aliphatic carbocycles. The van der Waals surface area contributed by atoms with Crippen LogP contribution in [0.25, 0.3) is 10.8 Å². The van der Waals surface area contributed by atoms with E-state index in [0.29, 0.717) is 35.8 Å². The first-order valence-electron chi connectivity index (χ1n) is 8.91. The van der Waals surface area contributed by atoms with Crippen molar-refractivity contribution >= 4 is 28.0 Å². The van der Waals surface area contributed by atoms with Gasteiger partial charge < -0.3 is 9.88 Å². The van der Waals surface area contributed by atoms with Gasteiger partial charge in [0.2, 0.25) is 0 Å². The minimum absolute atomic E-state index is 0.138. The van der Waals surface area contributed by atoms with Crippen molar-refractivity contribution in [2.24, 2.45) is 0 Å². The first-order chi connectivity index (χ1) is 13.7. The van der Waals surface area contributed by atoms with Gasteiger partial charge in [0.05, 0.1) is 22.8 Å². The van der Waals surface area contributed by atoms with Crippen LogP contribution in [0, 0.1) is 0 Å². The van der Waals surface area contributed by atoms with Gasteiger partial charge in [-0.05, 0) is 18.2 Å². The maximum absolute atomic E-state index is 12.9. The fourth-order valence-corrected chi connectivity index (χ4v) is 3.68. The Bertz CT molecular complexity index is 1150. The second-order valence-corrected chi connectivity index (χ2v) is 7.25. The summed E-state index contributed by atoms with van der Waals surface area (Å²) in [5, 5.41) is 7.00. The van der Waals surface area contributed by atoms with Crippen molar-refractivity contribution in [2.75, 3.05) is 6.54 Å². The monoisotopic (exact) mass is 390 g/mol. The van der Waals surface area contributed by atoms with Gasteiger partial charge in [-0.2, -0.15) is 0 Å². The van der Waals surface area contributed by atoms with Crippen molar-refractivity contribution in [2.45, 2.75) is 13.0 Å². The van der Waals surface area contributed by atoms with Crippen LogP contribution in [0.3, 0.4) is 0 Å². The summed E-state index contributed by atoms with van der Waals surface area (Å²) in [5.74, 6) is -0.206. The fraction of sp³-hybridized carbons (Fsp3) is 0.143. The van der Waals surface area contributed by atoms with E-state index in [0.717, 1.165) is 10.7 Å². The summed E-state index contributed by atoms with van der Waals surface area (Å²) in [6.45, 7) is 0.796. The van der Waals surface area contributed by atoms with Crippen LogP contribution in [0.5, 0.6) is 0 Å². The molecule has 0 spiro atoms. The summed E-state index contributed by atoms with van der Waals surface area (Å²) in [4.78, 5) is 34.2. The molecule has 1 amide bonds. The Morgan fingerprint density at radius 2 is 1.86 bits per heavy atom. The molecule has 0 unspecified atom stereocenters. The zero-order chi connectivity index (χ0) is 19.3. The number of carbonyl (C=O) groups excluding carboxylic acids is 1. The molecule has 0 aliphatic heterocycles. The second kappa shape index (κ2) is 8.14. The number of nitrogens with one attached hydrogen (secondary N) is 1. The molecule has 0 radical (unpaired) electrons. The molecular weight excluding hydrogens is 372 g/mol. The van der Waals surface area contributed by atoms with Gasteiger partial charge in [0.25, 0.3) is 11.5 Å². The number of hydrogen-bond acceptors (Lipinski definition) is 5. The average molecular weight is 390 g/mol. The summed E-state index contributed by atoms with van der Waals surface area (Å²) in [7, 11) is 0. The Labute approximate surface area is 165 Å². The molecule has 3 heterocycles. The molecule has 140 valence electrons. The van der Waals surface area contributed by atoms with Gasteiger partial charge in [0.1, 0.15) is 0 Å². The van der Waals surface area contributed by atoms with Crippen LogP contribution in [0.15, 0.2) is 71.2 Å². The molecule has 4 aromatic rings. The van der Waals surface area contributed by atoms with Gasteiger partial charge in [0.15, 0.2) is 0 Å². The maximum atomic E-state index is 12.9. The number of amides is 1. The van der Waals surface area contributed by atoms with Gasteiger partial charge in [-0.25, -0.2) is 4.98 Å². The predicted molar refractivity (Wildman–Crippen MR) is 110 cm³/mol. The largest absolute Gasteiger partial charge is 0.352 e. The van der Waals surface area contributed by atoms with Gasteiger partial charge in [-0.1, -0.05) is 24.3 Å². The van der Waals surface area contributed by atoms with Crippen molar-refractivity contribution in [1.82, 2.24) is 19.9 Å². The van der Waals surface area contributed by atoms with Crippen LogP contribution in [0.1, 0.15) is 21.1 Å². The smallest absolute Gasteiger partial charge is 0.258 e. The van der Waals surface area contributed by atoms with Crippen molar-refractivity contribution in [3.05, 3.63) is 93.1 Å². The van der Waals surface area contributed by atoms with Gasteiger partial charge in [-0.3, -0.25) is 14.6 Å². The highest BCUT2D eigenvalue weighted by Crippen LogP contribution is 2.16. The van der Waals surface area contributed by atoms with Crippen molar-refractivity contribution < 1.29 is 4.79 Å². The van der Waals surface area contributed by atoms with Crippen molar-refractivity contribution in [1.29, 1.82) is 0 Å². The van der Waals surface area contributed by atoms with E-state index >= 15 is 0 Å². The first kappa shape index (κ1) is 18.1. The molecule has 0 saturated heterocycles. The van der Waals surface area contributed by atoms with E-state index in [1.165, 1.54) is 0 Å². The van der Waals surface area contributed by atoms with Crippen LogP contribution in [0.4, 0.5) is 0 Å². The SMILES string of the molecule is O=C(NCCc1nccs1)c1cn(Cc2ccccn2)c(=O)c2ccccc12. The highest BCUT2D eigenvalue weighted by atomic mass is 32.1. The number of nitrogens with zero attached hydrogens (tertiary/aromatic N) is 3. The third kappa shape index (κ3) is 3.84. The predicted octanol–water partition coefficient (Wildman–Crippen LogP) is 2.87. The van der Waals surface area contributed by atoms with Crippen LogP contribution in [-0.2, 0) is 13.0 Å². The Morgan fingerprint density at radius 1 is 1.04 bits per heavy atom. The number of fused-ring (bicyclic) bond motifs is 1. The van der Waals surface area contributed by atoms with Crippen LogP contribution >= 0.6 is 11.3 Å². The number of hydrogen-bond donors (Lipinski definition) is 1. The Balaban J connectivity index is 1.65. The minimum Gasteiger partial charge on any atom is -0.352 e. The molecule has 0 bridgehead atoms. The number of carbonyl (C=O) groups is 1. The van der Waals surface area contributed by atoms with Crippen LogP contribution in [0.2, 0.25) is 0 Å². The average Bonchev–Trinajstić information content (AvgIpc) is 3.24. The van der Waals surface area contributed by atoms with Gasteiger partial charge in [0, 0.05) is 47.7 Å². The molecule has 6 nitrogen and oxygen atoms in total. The lowest BCUT2D eigenvalue weighted by molar-refractivity contribution is 0.0955. The van der Waals surface area contributed by atoms with E-state index < -0.39 is 0 Å². The van der Waals surface area contributed by atoms with Crippen LogP contribution in [-0.4, -0.2) is 27.0 Å². The summed E-state index contributed by atoms with van der Waals surface area (Å²) in [6, 6.07) is 12.7. The molecule has 0 atom stereocenters. The fourth-order valence-electron chi connectivity index (χ4n) is 3.06. The molecule has 1 N–H and O–H groups in total. The molecule has 3 aromatic heterocycles. The maximum Gasteiger partial charge on any atom is 0.258 e. The lowest BCUT2D eigenvalue weighted by atomic mass is 10.1. The van der Waals surface area contributed by atoms with Gasteiger partial charge >= 0.3 is 0 Å². The first-order valence-corrected chi connectivity index (χ1v) is 9.79. The lowest BCUT2D eigenvalue weighted by Gasteiger charge is -2.12. The Kier molecular flexibility index (Phi) is 5.25. The molecule has 1 aromatic carbocycles. The highest BCUT2D eigenvalue weighted by Gasteiger charge is 2.15. The Morgan fingerprint density at radius 3 is 2.61 bits per heavy atom. The van der Waals surface area contributed by atoms with E-state index in [2.05, 4.69) is 15.3 Å². The lowest BCUT2D eigenvalue weighted by Crippen LogP contribution is -2.29. The number of pyridine rings is 2. The van der Waals surface area contributed by atoms with E-state index in [4.69, 9.17) is 0 Å². The third-order valence-electron chi connectivity index (χ3n) is 4.40. The van der Waals surface area contributed by atoms with E-state index in [9.17, 15) is 9.59 Å².